The molecule has 0 amide bonds. The third-order valence-corrected chi connectivity index (χ3v) is 3.39. The Bertz CT molecular complexity index is 525. The molecule has 0 spiro atoms. The van der Waals surface area contributed by atoms with Gasteiger partial charge in [0.2, 0.25) is 0 Å². The Balaban J connectivity index is 1.93. The molecule has 112 valence electrons. The molecule has 1 unspecified atom stereocenters. The number of aryl methyl sites for hydroxylation is 1. The van der Waals surface area contributed by atoms with Crippen molar-refractivity contribution in [1.29, 1.82) is 0 Å². The summed E-state index contributed by atoms with van der Waals surface area (Å²) in [6.07, 6.45) is 1.01. The normalized spacial score (nSPS) is 12.1. The van der Waals surface area contributed by atoms with Gasteiger partial charge in [-0.2, -0.15) is 0 Å². The average molecular weight is 286 g/mol. The van der Waals surface area contributed by atoms with Crippen LogP contribution in [-0.4, -0.2) is 25.4 Å². The van der Waals surface area contributed by atoms with Gasteiger partial charge in [-0.05, 0) is 30.0 Å². The van der Waals surface area contributed by atoms with Crippen LogP contribution in [0, 0.1) is 0 Å². The van der Waals surface area contributed by atoms with E-state index in [1.807, 2.05) is 54.6 Å². The van der Waals surface area contributed by atoms with E-state index < -0.39 is 6.10 Å². The average Bonchev–Trinajstić information content (AvgIpc) is 2.54. The van der Waals surface area contributed by atoms with Crippen LogP contribution >= 0.6 is 0 Å². The van der Waals surface area contributed by atoms with Gasteiger partial charge in [0, 0.05) is 7.11 Å². The molecule has 0 radical (unpaired) electrons. The first-order valence-electron chi connectivity index (χ1n) is 7.24. The largest absolute Gasteiger partial charge is 0.491 e. The predicted molar refractivity (Wildman–Crippen MR) is 83.5 cm³/mol. The fourth-order valence-electron chi connectivity index (χ4n) is 2.22. The molecule has 2 rings (SSSR count). The zero-order valence-corrected chi connectivity index (χ0v) is 12.4. The van der Waals surface area contributed by atoms with Gasteiger partial charge in [-0.15, -0.1) is 0 Å². The van der Waals surface area contributed by atoms with Crippen LogP contribution < -0.4 is 4.74 Å². The molecule has 2 aromatic rings. The number of aliphatic hydroxyl groups excluding tert-OH is 1. The Hall–Kier alpha value is -1.84. The van der Waals surface area contributed by atoms with E-state index in [4.69, 9.17) is 9.47 Å². The number of ether oxygens (including phenoxy) is 2. The maximum Gasteiger partial charge on any atom is 0.122 e. The summed E-state index contributed by atoms with van der Waals surface area (Å²) in [4.78, 5) is 0. The predicted octanol–water partition coefficient (Wildman–Crippen LogP) is 3.38. The molecule has 0 aliphatic carbocycles. The molecule has 0 heterocycles. The number of aliphatic hydroxyl groups is 1. The molecule has 3 heteroatoms. The summed E-state index contributed by atoms with van der Waals surface area (Å²) in [5, 5.41) is 10.2. The second kappa shape index (κ2) is 8.45. The van der Waals surface area contributed by atoms with Gasteiger partial charge >= 0.3 is 0 Å². The van der Waals surface area contributed by atoms with E-state index in [1.54, 1.807) is 7.11 Å². The highest BCUT2D eigenvalue weighted by molar-refractivity contribution is 5.33. The molecular weight excluding hydrogens is 264 g/mol. The Morgan fingerprint density at radius 3 is 2.43 bits per heavy atom. The van der Waals surface area contributed by atoms with E-state index in [-0.39, 0.29) is 0 Å². The zero-order valence-electron chi connectivity index (χ0n) is 12.4. The quantitative estimate of drug-likeness (QED) is 0.756. The van der Waals surface area contributed by atoms with Crippen molar-refractivity contribution in [1.82, 2.24) is 0 Å². The van der Waals surface area contributed by atoms with E-state index in [0.29, 0.717) is 19.6 Å². The summed E-state index contributed by atoms with van der Waals surface area (Å²) in [6.45, 7) is 1.11. The molecule has 0 fully saturated rings. The molecule has 2 aromatic carbocycles. The maximum absolute atomic E-state index is 10.2. The van der Waals surface area contributed by atoms with Crippen LogP contribution in [0.1, 0.15) is 23.7 Å². The van der Waals surface area contributed by atoms with Crippen molar-refractivity contribution in [3.63, 3.8) is 0 Å². The summed E-state index contributed by atoms with van der Waals surface area (Å²) in [6, 6.07) is 17.7. The molecule has 0 bridgehead atoms. The number of hydrogen-bond acceptors (Lipinski definition) is 3. The van der Waals surface area contributed by atoms with E-state index in [2.05, 4.69) is 0 Å². The highest BCUT2D eigenvalue weighted by Crippen LogP contribution is 2.24. The smallest absolute Gasteiger partial charge is 0.122 e. The Kier molecular flexibility index (Phi) is 6.25. The molecular formula is C18H22O3. The topological polar surface area (TPSA) is 38.7 Å². The summed E-state index contributed by atoms with van der Waals surface area (Å²) >= 11 is 0. The SMILES string of the molecule is COCCOc1ccccc1CCC(O)c1ccccc1. The third kappa shape index (κ3) is 4.88. The lowest BCUT2D eigenvalue weighted by Crippen LogP contribution is -2.06. The minimum Gasteiger partial charge on any atom is -0.491 e. The summed E-state index contributed by atoms with van der Waals surface area (Å²) in [5.74, 6) is 0.870. The summed E-state index contributed by atoms with van der Waals surface area (Å²) in [7, 11) is 1.66. The number of rotatable bonds is 8. The van der Waals surface area contributed by atoms with Crippen LogP contribution in [0.15, 0.2) is 54.6 Å². The highest BCUT2D eigenvalue weighted by atomic mass is 16.5. The molecule has 1 atom stereocenters. The van der Waals surface area contributed by atoms with Crippen molar-refractivity contribution in [2.45, 2.75) is 18.9 Å². The zero-order chi connectivity index (χ0) is 14.9. The molecule has 0 saturated carbocycles. The fourth-order valence-corrected chi connectivity index (χ4v) is 2.22. The van der Waals surface area contributed by atoms with E-state index in [9.17, 15) is 5.11 Å². The van der Waals surface area contributed by atoms with Crippen molar-refractivity contribution < 1.29 is 14.6 Å². The number of methoxy groups -OCH3 is 1. The van der Waals surface area contributed by atoms with Crippen LogP contribution in [0.3, 0.4) is 0 Å². The van der Waals surface area contributed by atoms with Gasteiger partial charge in [0.1, 0.15) is 12.4 Å². The maximum atomic E-state index is 10.2. The summed E-state index contributed by atoms with van der Waals surface area (Å²) < 4.78 is 10.7. The Morgan fingerprint density at radius 1 is 0.952 bits per heavy atom. The first kappa shape index (κ1) is 15.5. The minimum absolute atomic E-state index is 0.446. The molecule has 1 N–H and O–H groups in total. The Labute approximate surface area is 126 Å². The van der Waals surface area contributed by atoms with E-state index >= 15 is 0 Å². The van der Waals surface area contributed by atoms with Gasteiger partial charge < -0.3 is 14.6 Å². The standard InChI is InChI=1S/C18H22O3/c1-20-13-14-21-18-10-6-5-9-16(18)11-12-17(19)15-7-3-2-4-8-15/h2-10,17,19H,11-14H2,1H3. The minimum atomic E-state index is -0.446. The monoisotopic (exact) mass is 286 g/mol. The van der Waals surface area contributed by atoms with Gasteiger partial charge in [0.25, 0.3) is 0 Å². The van der Waals surface area contributed by atoms with Crippen molar-refractivity contribution in [2.24, 2.45) is 0 Å². The van der Waals surface area contributed by atoms with Crippen LogP contribution in [0.2, 0.25) is 0 Å². The van der Waals surface area contributed by atoms with E-state index in [0.717, 1.165) is 23.3 Å². The van der Waals surface area contributed by atoms with Crippen molar-refractivity contribution in [2.75, 3.05) is 20.3 Å². The first-order valence-corrected chi connectivity index (χ1v) is 7.24. The third-order valence-electron chi connectivity index (χ3n) is 3.39. The van der Waals surface area contributed by atoms with Crippen LogP contribution in [0.5, 0.6) is 5.75 Å². The lowest BCUT2D eigenvalue weighted by molar-refractivity contribution is 0.145. The molecule has 0 aromatic heterocycles. The lowest BCUT2D eigenvalue weighted by atomic mass is 10.0. The van der Waals surface area contributed by atoms with E-state index in [1.165, 1.54) is 0 Å². The van der Waals surface area contributed by atoms with Gasteiger partial charge in [-0.25, -0.2) is 0 Å². The highest BCUT2D eigenvalue weighted by Gasteiger charge is 2.09. The van der Waals surface area contributed by atoms with Crippen LogP contribution in [0.4, 0.5) is 0 Å². The van der Waals surface area contributed by atoms with Crippen molar-refractivity contribution >= 4 is 0 Å². The second-order valence-electron chi connectivity index (χ2n) is 4.91. The first-order chi connectivity index (χ1) is 10.3. The van der Waals surface area contributed by atoms with Gasteiger partial charge in [0.05, 0.1) is 12.7 Å². The fraction of sp³-hybridized carbons (Fsp3) is 0.333. The second-order valence-corrected chi connectivity index (χ2v) is 4.91. The lowest BCUT2D eigenvalue weighted by Gasteiger charge is -2.14. The number of benzene rings is 2. The van der Waals surface area contributed by atoms with Crippen LogP contribution in [-0.2, 0) is 11.2 Å². The number of hydrogen-bond donors (Lipinski definition) is 1. The molecule has 3 nitrogen and oxygen atoms in total. The molecule has 21 heavy (non-hydrogen) atoms. The molecule has 0 aliphatic rings. The van der Waals surface area contributed by atoms with Crippen LogP contribution in [0.25, 0.3) is 0 Å². The summed E-state index contributed by atoms with van der Waals surface area (Å²) in [5.41, 5.74) is 2.07. The molecule has 0 saturated heterocycles. The Morgan fingerprint density at radius 2 is 1.67 bits per heavy atom. The molecule has 0 aliphatic heterocycles. The van der Waals surface area contributed by atoms with Gasteiger partial charge in [-0.3, -0.25) is 0 Å². The number of para-hydroxylation sites is 1. The van der Waals surface area contributed by atoms with Gasteiger partial charge in [-0.1, -0.05) is 48.5 Å². The van der Waals surface area contributed by atoms with Crippen molar-refractivity contribution in [3.8, 4) is 5.75 Å². The van der Waals surface area contributed by atoms with Crippen molar-refractivity contribution in [3.05, 3.63) is 65.7 Å². The van der Waals surface area contributed by atoms with Gasteiger partial charge in [0.15, 0.2) is 0 Å².